The van der Waals surface area contributed by atoms with Crippen molar-refractivity contribution in [1.29, 1.82) is 0 Å². The van der Waals surface area contributed by atoms with Crippen LogP contribution < -0.4 is 5.32 Å². The van der Waals surface area contributed by atoms with Crippen LogP contribution in [0.15, 0.2) is 30.3 Å². The first-order valence-electron chi connectivity index (χ1n) is 7.95. The Morgan fingerprint density at radius 3 is 2.43 bits per heavy atom. The van der Waals surface area contributed by atoms with Crippen LogP contribution in [0.1, 0.15) is 52.1 Å². The molecule has 1 aromatic rings. The molecule has 2 atom stereocenters. The summed E-state index contributed by atoms with van der Waals surface area (Å²) in [5.41, 5.74) is 1.16. The predicted molar refractivity (Wildman–Crippen MR) is 88.6 cm³/mol. The van der Waals surface area contributed by atoms with Crippen LogP contribution in [0.4, 0.5) is 0 Å². The van der Waals surface area contributed by atoms with Gasteiger partial charge in [0.15, 0.2) is 0 Å². The number of hydrogen-bond donors (Lipinski definition) is 1. The normalized spacial score (nSPS) is 14.9. The summed E-state index contributed by atoms with van der Waals surface area (Å²) in [7, 11) is 1.75. The van der Waals surface area contributed by atoms with Crippen molar-refractivity contribution >= 4 is 0 Å². The summed E-state index contributed by atoms with van der Waals surface area (Å²) in [6, 6.07) is 10.8. The van der Waals surface area contributed by atoms with Crippen molar-refractivity contribution in [2.75, 3.05) is 20.3 Å². The molecule has 0 fully saturated rings. The monoisotopic (exact) mass is 293 g/mol. The first-order chi connectivity index (χ1) is 10.00. The van der Waals surface area contributed by atoms with Crippen LogP contribution in [-0.2, 0) is 9.47 Å². The van der Waals surface area contributed by atoms with Gasteiger partial charge in [-0.05, 0) is 45.7 Å². The number of rotatable bonds is 10. The van der Waals surface area contributed by atoms with E-state index in [0.717, 1.165) is 19.4 Å². The van der Waals surface area contributed by atoms with Gasteiger partial charge in [0, 0.05) is 13.7 Å². The van der Waals surface area contributed by atoms with Crippen LogP contribution in [0, 0.1) is 0 Å². The molecule has 3 nitrogen and oxygen atoms in total. The summed E-state index contributed by atoms with van der Waals surface area (Å²) in [6.07, 6.45) is 2.14. The summed E-state index contributed by atoms with van der Waals surface area (Å²) in [5.74, 6) is 0. The van der Waals surface area contributed by atoms with E-state index in [1.54, 1.807) is 7.11 Å². The molecule has 0 saturated heterocycles. The second-order valence-corrected chi connectivity index (χ2v) is 6.13. The molecule has 2 unspecified atom stereocenters. The molecular weight excluding hydrogens is 262 g/mol. The maximum Gasteiger partial charge on any atom is 0.0741 e. The van der Waals surface area contributed by atoms with Crippen molar-refractivity contribution in [3.63, 3.8) is 0 Å². The molecule has 1 rings (SSSR count). The molecule has 0 spiro atoms. The van der Waals surface area contributed by atoms with E-state index >= 15 is 0 Å². The number of benzene rings is 1. The molecule has 3 heteroatoms. The third kappa shape index (κ3) is 6.60. The van der Waals surface area contributed by atoms with E-state index in [1.807, 2.05) is 6.07 Å². The van der Waals surface area contributed by atoms with Crippen molar-refractivity contribution in [2.45, 2.75) is 58.3 Å². The van der Waals surface area contributed by atoms with Crippen molar-refractivity contribution < 1.29 is 9.47 Å². The highest BCUT2D eigenvalue weighted by Gasteiger charge is 2.21. The van der Waals surface area contributed by atoms with Gasteiger partial charge in [-0.2, -0.15) is 0 Å². The van der Waals surface area contributed by atoms with Crippen LogP contribution in [0.5, 0.6) is 0 Å². The molecule has 0 aromatic heterocycles. The maximum absolute atomic E-state index is 6.05. The topological polar surface area (TPSA) is 30.5 Å². The van der Waals surface area contributed by atoms with E-state index in [0.29, 0.717) is 6.61 Å². The van der Waals surface area contributed by atoms with E-state index < -0.39 is 0 Å². The second-order valence-electron chi connectivity index (χ2n) is 6.13. The van der Waals surface area contributed by atoms with Gasteiger partial charge in [-0.15, -0.1) is 0 Å². The van der Waals surface area contributed by atoms with Crippen LogP contribution >= 0.6 is 0 Å². The van der Waals surface area contributed by atoms with Gasteiger partial charge in [-0.1, -0.05) is 37.3 Å². The fourth-order valence-corrected chi connectivity index (χ4v) is 2.20. The SMILES string of the molecule is CCCNC(c1ccccc1)C(C)OCCC(C)(C)OC. The van der Waals surface area contributed by atoms with E-state index in [1.165, 1.54) is 5.56 Å². The van der Waals surface area contributed by atoms with Crippen molar-refractivity contribution in [1.82, 2.24) is 5.32 Å². The maximum atomic E-state index is 6.05. The zero-order valence-corrected chi connectivity index (χ0v) is 14.2. The van der Waals surface area contributed by atoms with E-state index in [-0.39, 0.29) is 17.7 Å². The van der Waals surface area contributed by atoms with Gasteiger partial charge in [-0.25, -0.2) is 0 Å². The van der Waals surface area contributed by atoms with Crippen LogP contribution in [0.2, 0.25) is 0 Å². The summed E-state index contributed by atoms with van der Waals surface area (Å²) < 4.78 is 11.5. The standard InChI is InChI=1S/C18H31NO2/c1-6-13-19-17(16-10-8-7-9-11-16)15(2)21-14-12-18(3,4)20-5/h7-11,15,17,19H,6,12-14H2,1-5H3. The Labute approximate surface area is 130 Å². The van der Waals surface area contributed by atoms with E-state index in [9.17, 15) is 0 Å². The lowest BCUT2D eigenvalue weighted by atomic mass is 10.0. The Morgan fingerprint density at radius 1 is 1.19 bits per heavy atom. The highest BCUT2D eigenvalue weighted by molar-refractivity contribution is 5.19. The predicted octanol–water partition coefficient (Wildman–Crippen LogP) is 3.95. The van der Waals surface area contributed by atoms with Crippen molar-refractivity contribution in [3.8, 4) is 0 Å². The molecule has 1 N–H and O–H groups in total. The zero-order valence-electron chi connectivity index (χ0n) is 14.2. The first kappa shape index (κ1) is 18.1. The molecule has 21 heavy (non-hydrogen) atoms. The van der Waals surface area contributed by atoms with Crippen molar-refractivity contribution in [2.24, 2.45) is 0 Å². The van der Waals surface area contributed by atoms with Gasteiger partial charge < -0.3 is 14.8 Å². The second kappa shape index (κ2) is 9.19. The Kier molecular flexibility index (Phi) is 7.94. The lowest BCUT2D eigenvalue weighted by molar-refractivity contribution is -0.0306. The molecule has 0 bridgehead atoms. The van der Waals surface area contributed by atoms with Gasteiger partial charge in [0.2, 0.25) is 0 Å². The lowest BCUT2D eigenvalue weighted by Crippen LogP contribution is -2.34. The summed E-state index contributed by atoms with van der Waals surface area (Å²) in [6.45, 7) is 10.2. The molecule has 0 aliphatic heterocycles. The van der Waals surface area contributed by atoms with E-state index in [4.69, 9.17) is 9.47 Å². The Bertz CT molecular complexity index is 378. The van der Waals surface area contributed by atoms with Gasteiger partial charge in [0.05, 0.1) is 17.7 Å². The molecule has 0 radical (unpaired) electrons. The molecule has 0 heterocycles. The highest BCUT2D eigenvalue weighted by Crippen LogP contribution is 2.20. The van der Waals surface area contributed by atoms with Crippen molar-refractivity contribution in [3.05, 3.63) is 35.9 Å². The number of nitrogens with one attached hydrogen (secondary N) is 1. The largest absolute Gasteiger partial charge is 0.379 e. The molecule has 1 aromatic carbocycles. The van der Waals surface area contributed by atoms with Gasteiger partial charge >= 0.3 is 0 Å². The Hall–Kier alpha value is -0.900. The number of methoxy groups -OCH3 is 1. The van der Waals surface area contributed by atoms with Gasteiger partial charge in [-0.3, -0.25) is 0 Å². The van der Waals surface area contributed by atoms with Crippen LogP contribution in [0.3, 0.4) is 0 Å². The highest BCUT2D eigenvalue weighted by atomic mass is 16.5. The van der Waals surface area contributed by atoms with E-state index in [2.05, 4.69) is 57.3 Å². The third-order valence-corrected chi connectivity index (χ3v) is 3.88. The quantitative estimate of drug-likeness (QED) is 0.708. The van der Waals surface area contributed by atoms with Crippen LogP contribution in [0.25, 0.3) is 0 Å². The van der Waals surface area contributed by atoms with Crippen LogP contribution in [-0.4, -0.2) is 32.0 Å². The molecular formula is C18H31NO2. The fraction of sp³-hybridized carbons (Fsp3) is 0.667. The third-order valence-electron chi connectivity index (χ3n) is 3.88. The molecule has 0 amide bonds. The summed E-state index contributed by atoms with van der Waals surface area (Å²) in [4.78, 5) is 0. The zero-order chi connectivity index (χ0) is 15.7. The lowest BCUT2D eigenvalue weighted by Gasteiger charge is -2.28. The average molecular weight is 293 g/mol. The molecule has 0 aliphatic carbocycles. The van der Waals surface area contributed by atoms with Gasteiger partial charge in [0.25, 0.3) is 0 Å². The van der Waals surface area contributed by atoms with Gasteiger partial charge in [0.1, 0.15) is 0 Å². The summed E-state index contributed by atoms with van der Waals surface area (Å²) in [5, 5.41) is 3.59. The number of ether oxygens (including phenoxy) is 2. The molecule has 0 aliphatic rings. The average Bonchev–Trinajstić information content (AvgIpc) is 2.48. The number of hydrogen-bond acceptors (Lipinski definition) is 3. The smallest absolute Gasteiger partial charge is 0.0741 e. The Morgan fingerprint density at radius 2 is 1.86 bits per heavy atom. The molecule has 120 valence electrons. The minimum absolute atomic E-state index is 0.126. The minimum Gasteiger partial charge on any atom is -0.379 e. The molecule has 0 saturated carbocycles. The Balaban J connectivity index is 2.58. The fourth-order valence-electron chi connectivity index (χ4n) is 2.20. The summed E-state index contributed by atoms with van der Waals surface area (Å²) >= 11 is 0. The first-order valence-corrected chi connectivity index (χ1v) is 7.95. The minimum atomic E-state index is -0.126.